The van der Waals surface area contributed by atoms with E-state index < -0.39 is 22.1 Å². The Kier molecular flexibility index (Phi) is 4.91. The average Bonchev–Trinajstić information content (AvgIpc) is 2.90. The van der Waals surface area contributed by atoms with Crippen molar-refractivity contribution in [2.45, 2.75) is 31.3 Å². The van der Waals surface area contributed by atoms with Crippen LogP contribution in [-0.4, -0.2) is 43.4 Å². The summed E-state index contributed by atoms with van der Waals surface area (Å²) < 4.78 is 31.9. The van der Waals surface area contributed by atoms with Crippen LogP contribution in [-0.2, 0) is 16.6 Å². The normalized spacial score (nSPS) is 17.7. The molecule has 7 heteroatoms. The third kappa shape index (κ3) is 3.39. The highest BCUT2D eigenvalue weighted by Gasteiger charge is 2.42. The van der Waals surface area contributed by atoms with Crippen molar-refractivity contribution < 1.29 is 17.9 Å². The molecule has 0 aromatic heterocycles. The Morgan fingerprint density at radius 1 is 1.08 bits per heavy atom. The summed E-state index contributed by atoms with van der Waals surface area (Å²) in [6.07, 6.45) is 0. The van der Waals surface area contributed by atoms with Gasteiger partial charge in [0.25, 0.3) is 10.0 Å². The number of hydrogen-bond donors (Lipinski definition) is 0. The molecule has 26 heavy (non-hydrogen) atoms. The first kappa shape index (κ1) is 18.3. The van der Waals surface area contributed by atoms with Crippen LogP contribution < -0.4 is 4.74 Å². The van der Waals surface area contributed by atoms with Gasteiger partial charge in [0.2, 0.25) is 0 Å². The molecule has 2 aromatic carbocycles. The molecule has 1 unspecified atom stereocenters. The first-order chi connectivity index (χ1) is 12.3. The molecule has 1 aliphatic heterocycles. The zero-order valence-corrected chi connectivity index (χ0v) is 15.9. The Bertz CT molecular complexity index is 892. The summed E-state index contributed by atoms with van der Waals surface area (Å²) >= 11 is 0. The Morgan fingerprint density at radius 2 is 1.69 bits per heavy atom. The van der Waals surface area contributed by atoms with E-state index in [2.05, 4.69) is 0 Å². The number of sulfonamides is 1. The fourth-order valence-electron chi connectivity index (χ4n) is 3.05. The number of urea groups is 1. The zero-order chi connectivity index (χ0) is 18.9. The van der Waals surface area contributed by atoms with Crippen LogP contribution in [0.15, 0.2) is 53.4 Å². The maximum Gasteiger partial charge on any atom is 0.334 e. The van der Waals surface area contributed by atoms with Gasteiger partial charge in [-0.25, -0.2) is 17.5 Å². The molecule has 1 atom stereocenters. The Morgan fingerprint density at radius 3 is 2.27 bits per heavy atom. The van der Waals surface area contributed by atoms with Gasteiger partial charge in [-0.15, -0.1) is 0 Å². The van der Waals surface area contributed by atoms with Gasteiger partial charge in [0.15, 0.2) is 0 Å². The third-order valence-electron chi connectivity index (χ3n) is 4.45. The van der Waals surface area contributed by atoms with E-state index >= 15 is 0 Å². The van der Waals surface area contributed by atoms with E-state index in [1.165, 1.54) is 12.1 Å². The van der Waals surface area contributed by atoms with Crippen LogP contribution >= 0.6 is 0 Å². The SMILES string of the molecule is COc1ccc(CN2CC(C)N(S(=O)(=O)c3ccc(C)cc3)C2=O)cc1. The number of carbonyl (C=O) groups excluding carboxylic acids is 1. The van der Waals surface area contributed by atoms with Crippen LogP contribution in [0.5, 0.6) is 5.75 Å². The molecule has 1 fully saturated rings. The topological polar surface area (TPSA) is 66.9 Å². The molecular weight excluding hydrogens is 352 g/mol. The van der Waals surface area contributed by atoms with Crippen LogP contribution in [0.3, 0.4) is 0 Å². The lowest BCUT2D eigenvalue weighted by Gasteiger charge is -2.21. The zero-order valence-electron chi connectivity index (χ0n) is 15.0. The molecule has 1 saturated heterocycles. The first-order valence-electron chi connectivity index (χ1n) is 8.36. The summed E-state index contributed by atoms with van der Waals surface area (Å²) in [5.41, 5.74) is 1.88. The maximum absolute atomic E-state index is 12.9. The molecule has 1 heterocycles. The van der Waals surface area contributed by atoms with E-state index in [0.29, 0.717) is 13.1 Å². The maximum atomic E-state index is 12.9. The predicted molar refractivity (Wildman–Crippen MR) is 98.5 cm³/mol. The van der Waals surface area contributed by atoms with Crippen LogP contribution in [0.2, 0.25) is 0 Å². The molecule has 1 aliphatic rings. The van der Waals surface area contributed by atoms with Gasteiger partial charge in [0, 0.05) is 13.1 Å². The minimum absolute atomic E-state index is 0.134. The quantitative estimate of drug-likeness (QED) is 0.807. The van der Waals surface area contributed by atoms with Gasteiger partial charge < -0.3 is 9.64 Å². The second-order valence-corrected chi connectivity index (χ2v) is 8.29. The number of ether oxygens (including phenoxy) is 1. The van der Waals surface area contributed by atoms with E-state index in [4.69, 9.17) is 4.74 Å². The number of benzene rings is 2. The van der Waals surface area contributed by atoms with Crippen molar-refractivity contribution >= 4 is 16.1 Å². The van der Waals surface area contributed by atoms with E-state index in [0.717, 1.165) is 21.2 Å². The minimum atomic E-state index is -3.87. The number of amides is 2. The second kappa shape index (κ2) is 6.99. The lowest BCUT2D eigenvalue weighted by Crippen LogP contribution is -2.38. The van der Waals surface area contributed by atoms with Crippen molar-refractivity contribution in [3.8, 4) is 5.75 Å². The first-order valence-corrected chi connectivity index (χ1v) is 9.80. The van der Waals surface area contributed by atoms with Crippen molar-refractivity contribution in [2.75, 3.05) is 13.7 Å². The number of aryl methyl sites for hydroxylation is 1. The summed E-state index contributed by atoms with van der Waals surface area (Å²) in [6.45, 7) is 4.34. The predicted octanol–water partition coefficient (Wildman–Crippen LogP) is 3.02. The highest BCUT2D eigenvalue weighted by Crippen LogP contribution is 2.27. The van der Waals surface area contributed by atoms with Crippen molar-refractivity contribution in [1.82, 2.24) is 9.21 Å². The molecule has 3 rings (SSSR count). The lowest BCUT2D eigenvalue weighted by molar-refractivity contribution is 0.204. The van der Waals surface area contributed by atoms with E-state index in [9.17, 15) is 13.2 Å². The number of carbonyl (C=O) groups is 1. The molecule has 2 aromatic rings. The largest absolute Gasteiger partial charge is 0.497 e. The fourth-order valence-corrected chi connectivity index (χ4v) is 4.61. The highest BCUT2D eigenvalue weighted by atomic mass is 32.2. The monoisotopic (exact) mass is 374 g/mol. The number of rotatable bonds is 5. The summed E-state index contributed by atoms with van der Waals surface area (Å²) in [5.74, 6) is 0.735. The molecule has 0 spiro atoms. The third-order valence-corrected chi connectivity index (χ3v) is 6.36. The second-order valence-electron chi connectivity index (χ2n) is 6.47. The van der Waals surface area contributed by atoms with Gasteiger partial charge in [-0.05, 0) is 43.7 Å². The Hall–Kier alpha value is -2.54. The Balaban J connectivity index is 1.81. The van der Waals surface area contributed by atoms with Gasteiger partial charge in [-0.2, -0.15) is 0 Å². The molecule has 0 N–H and O–H groups in total. The van der Waals surface area contributed by atoms with Crippen molar-refractivity contribution in [2.24, 2.45) is 0 Å². The van der Waals surface area contributed by atoms with E-state index in [1.807, 2.05) is 31.2 Å². The van der Waals surface area contributed by atoms with Gasteiger partial charge in [0.05, 0.1) is 18.0 Å². The van der Waals surface area contributed by atoms with Gasteiger partial charge in [0.1, 0.15) is 5.75 Å². The highest BCUT2D eigenvalue weighted by molar-refractivity contribution is 7.89. The molecule has 0 saturated carbocycles. The summed E-state index contributed by atoms with van der Waals surface area (Å²) in [4.78, 5) is 14.5. The van der Waals surface area contributed by atoms with E-state index in [-0.39, 0.29) is 4.90 Å². The van der Waals surface area contributed by atoms with Crippen LogP contribution in [0.1, 0.15) is 18.1 Å². The summed E-state index contributed by atoms with van der Waals surface area (Å²) in [6, 6.07) is 13.0. The molecular formula is C19H22N2O4S. The molecule has 2 amide bonds. The molecule has 0 radical (unpaired) electrons. The number of methoxy groups -OCH3 is 1. The number of hydrogen-bond acceptors (Lipinski definition) is 4. The Labute approximate surface area is 154 Å². The number of nitrogens with zero attached hydrogens (tertiary/aromatic N) is 2. The molecule has 6 nitrogen and oxygen atoms in total. The molecule has 138 valence electrons. The van der Waals surface area contributed by atoms with Crippen LogP contribution in [0.25, 0.3) is 0 Å². The van der Waals surface area contributed by atoms with Gasteiger partial charge in [-0.1, -0.05) is 29.8 Å². The fraction of sp³-hybridized carbons (Fsp3) is 0.316. The molecule has 0 aliphatic carbocycles. The minimum Gasteiger partial charge on any atom is -0.497 e. The van der Waals surface area contributed by atoms with Crippen molar-refractivity contribution in [1.29, 1.82) is 0 Å². The average molecular weight is 374 g/mol. The molecule has 0 bridgehead atoms. The van der Waals surface area contributed by atoms with Gasteiger partial charge >= 0.3 is 6.03 Å². The lowest BCUT2D eigenvalue weighted by atomic mass is 10.2. The summed E-state index contributed by atoms with van der Waals surface area (Å²) in [5, 5.41) is 0. The van der Waals surface area contributed by atoms with E-state index in [1.54, 1.807) is 31.1 Å². The summed E-state index contributed by atoms with van der Waals surface area (Å²) in [7, 11) is -2.28. The van der Waals surface area contributed by atoms with Crippen molar-refractivity contribution in [3.05, 3.63) is 59.7 Å². The van der Waals surface area contributed by atoms with Crippen LogP contribution in [0, 0.1) is 6.92 Å². The smallest absolute Gasteiger partial charge is 0.334 e. The van der Waals surface area contributed by atoms with Crippen LogP contribution in [0.4, 0.5) is 4.79 Å². The van der Waals surface area contributed by atoms with Gasteiger partial charge in [-0.3, -0.25) is 0 Å². The van der Waals surface area contributed by atoms with Crippen molar-refractivity contribution in [3.63, 3.8) is 0 Å². The standard InChI is InChI=1S/C19H22N2O4S/c1-14-4-10-18(11-5-14)26(23,24)21-15(2)12-20(19(21)22)13-16-6-8-17(25-3)9-7-16/h4-11,15H,12-13H2,1-3H3.